The zero-order chi connectivity index (χ0) is 17.8. The molecule has 3 rings (SSSR count). The van der Waals surface area contributed by atoms with Crippen molar-refractivity contribution in [1.82, 2.24) is 10.1 Å². The maximum Gasteiger partial charge on any atom is 0.225 e. The minimum atomic E-state index is -0.301. The average Bonchev–Trinajstić information content (AvgIpc) is 3.26. The largest absolute Gasteiger partial charge is 0.461 e. The lowest BCUT2D eigenvalue weighted by molar-refractivity contribution is -0.135. The standard InChI is InChI=1S/C19H19FN2O3/c1-13(2)19(23)22(11-14-5-7-15(20)8-6-14)12-16-10-18(25-21-16)17-4-3-9-24-17/h3-10,13H,11-12H2,1-2H3. The summed E-state index contributed by atoms with van der Waals surface area (Å²) in [4.78, 5) is 14.2. The summed E-state index contributed by atoms with van der Waals surface area (Å²) in [5.74, 6) is 0.631. The van der Waals surface area contributed by atoms with Crippen LogP contribution in [0.5, 0.6) is 0 Å². The molecule has 0 saturated heterocycles. The number of aromatic nitrogens is 1. The highest BCUT2D eigenvalue weighted by atomic mass is 19.1. The number of rotatable bonds is 6. The van der Waals surface area contributed by atoms with E-state index in [-0.39, 0.29) is 17.6 Å². The van der Waals surface area contributed by atoms with Gasteiger partial charge in [0.15, 0.2) is 5.76 Å². The number of carbonyl (C=O) groups excluding carboxylic acids is 1. The number of hydrogen-bond acceptors (Lipinski definition) is 4. The van der Waals surface area contributed by atoms with Gasteiger partial charge in [0.25, 0.3) is 0 Å². The van der Waals surface area contributed by atoms with Crippen LogP contribution in [0.2, 0.25) is 0 Å². The SMILES string of the molecule is CC(C)C(=O)N(Cc1ccc(F)cc1)Cc1cc(-c2ccco2)on1. The van der Waals surface area contributed by atoms with Crippen LogP contribution in [0.4, 0.5) is 4.39 Å². The summed E-state index contributed by atoms with van der Waals surface area (Å²) >= 11 is 0. The van der Waals surface area contributed by atoms with E-state index >= 15 is 0 Å². The van der Waals surface area contributed by atoms with E-state index in [1.165, 1.54) is 12.1 Å². The summed E-state index contributed by atoms with van der Waals surface area (Å²) in [6, 6.07) is 11.4. The Morgan fingerprint density at radius 3 is 2.56 bits per heavy atom. The lowest BCUT2D eigenvalue weighted by Gasteiger charge is -2.23. The number of halogens is 1. The fourth-order valence-electron chi connectivity index (χ4n) is 2.50. The molecule has 1 aromatic carbocycles. The van der Waals surface area contributed by atoms with E-state index in [0.717, 1.165) is 5.56 Å². The molecule has 0 aliphatic rings. The van der Waals surface area contributed by atoms with Crippen LogP contribution in [0.25, 0.3) is 11.5 Å². The van der Waals surface area contributed by atoms with Crippen LogP contribution in [-0.4, -0.2) is 16.0 Å². The molecule has 3 aromatic rings. The number of furan rings is 1. The molecule has 0 N–H and O–H groups in total. The molecular weight excluding hydrogens is 323 g/mol. The third-order valence-corrected chi connectivity index (χ3v) is 3.77. The molecule has 2 heterocycles. The fraction of sp³-hybridized carbons (Fsp3) is 0.263. The van der Waals surface area contributed by atoms with Crippen molar-refractivity contribution in [1.29, 1.82) is 0 Å². The van der Waals surface area contributed by atoms with Crippen molar-refractivity contribution < 1.29 is 18.1 Å². The minimum Gasteiger partial charge on any atom is -0.461 e. The molecule has 25 heavy (non-hydrogen) atoms. The van der Waals surface area contributed by atoms with Crippen LogP contribution in [-0.2, 0) is 17.9 Å². The van der Waals surface area contributed by atoms with E-state index in [0.29, 0.717) is 30.3 Å². The lowest BCUT2D eigenvalue weighted by Crippen LogP contribution is -2.33. The van der Waals surface area contributed by atoms with Crippen molar-refractivity contribution in [3.63, 3.8) is 0 Å². The minimum absolute atomic E-state index is 0.00752. The first-order valence-electron chi connectivity index (χ1n) is 8.05. The molecule has 0 spiro atoms. The third kappa shape index (κ3) is 4.15. The first-order chi connectivity index (χ1) is 12.0. The predicted molar refractivity (Wildman–Crippen MR) is 89.7 cm³/mol. The van der Waals surface area contributed by atoms with Crippen LogP contribution in [0.1, 0.15) is 25.1 Å². The van der Waals surface area contributed by atoms with E-state index in [1.54, 1.807) is 41.5 Å². The summed E-state index contributed by atoms with van der Waals surface area (Å²) < 4.78 is 23.6. The summed E-state index contributed by atoms with van der Waals surface area (Å²) in [7, 11) is 0. The van der Waals surface area contributed by atoms with E-state index in [4.69, 9.17) is 8.94 Å². The van der Waals surface area contributed by atoms with Crippen molar-refractivity contribution in [2.24, 2.45) is 5.92 Å². The Morgan fingerprint density at radius 2 is 1.92 bits per heavy atom. The average molecular weight is 342 g/mol. The van der Waals surface area contributed by atoms with E-state index in [2.05, 4.69) is 5.16 Å². The fourth-order valence-corrected chi connectivity index (χ4v) is 2.50. The van der Waals surface area contributed by atoms with E-state index in [1.807, 2.05) is 13.8 Å². The van der Waals surface area contributed by atoms with Crippen molar-refractivity contribution >= 4 is 5.91 Å². The van der Waals surface area contributed by atoms with Crippen LogP contribution < -0.4 is 0 Å². The second kappa shape index (κ2) is 7.34. The van der Waals surface area contributed by atoms with Gasteiger partial charge in [0.2, 0.25) is 11.7 Å². The molecule has 0 aliphatic carbocycles. The molecular formula is C19H19FN2O3. The van der Waals surface area contributed by atoms with Gasteiger partial charge in [-0.1, -0.05) is 31.1 Å². The van der Waals surface area contributed by atoms with E-state index < -0.39 is 0 Å². The number of carbonyl (C=O) groups is 1. The van der Waals surface area contributed by atoms with Crippen molar-refractivity contribution in [2.45, 2.75) is 26.9 Å². The van der Waals surface area contributed by atoms with Crippen LogP contribution in [0.3, 0.4) is 0 Å². The quantitative estimate of drug-likeness (QED) is 0.671. The molecule has 0 aliphatic heterocycles. The molecule has 2 aromatic heterocycles. The topological polar surface area (TPSA) is 59.5 Å². The van der Waals surface area contributed by atoms with Crippen LogP contribution >= 0.6 is 0 Å². The highest BCUT2D eigenvalue weighted by Gasteiger charge is 2.20. The first-order valence-corrected chi connectivity index (χ1v) is 8.05. The Bertz CT molecular complexity index is 823. The molecule has 0 unspecified atom stereocenters. The maximum absolute atomic E-state index is 13.1. The Kier molecular flexibility index (Phi) is 4.97. The Balaban J connectivity index is 1.77. The predicted octanol–water partition coefficient (Wildman–Crippen LogP) is 4.26. The Morgan fingerprint density at radius 1 is 1.16 bits per heavy atom. The van der Waals surface area contributed by atoms with Crippen molar-refractivity contribution in [3.05, 3.63) is 65.8 Å². The van der Waals surface area contributed by atoms with Gasteiger partial charge in [-0.25, -0.2) is 4.39 Å². The summed E-state index contributed by atoms with van der Waals surface area (Å²) in [5, 5.41) is 4.02. The maximum atomic E-state index is 13.1. The Hall–Kier alpha value is -2.89. The number of nitrogens with zero attached hydrogens (tertiary/aromatic N) is 2. The van der Waals surface area contributed by atoms with Gasteiger partial charge >= 0.3 is 0 Å². The lowest BCUT2D eigenvalue weighted by atomic mass is 10.1. The van der Waals surface area contributed by atoms with Crippen LogP contribution in [0, 0.1) is 11.7 Å². The molecule has 0 bridgehead atoms. The zero-order valence-corrected chi connectivity index (χ0v) is 14.1. The molecule has 0 saturated carbocycles. The third-order valence-electron chi connectivity index (χ3n) is 3.77. The van der Waals surface area contributed by atoms with Crippen molar-refractivity contribution in [3.8, 4) is 11.5 Å². The molecule has 5 nitrogen and oxygen atoms in total. The van der Waals surface area contributed by atoms with Crippen LogP contribution in [0.15, 0.2) is 57.7 Å². The molecule has 6 heteroatoms. The second-order valence-electron chi connectivity index (χ2n) is 6.14. The number of benzene rings is 1. The van der Waals surface area contributed by atoms with Gasteiger partial charge in [0.05, 0.1) is 12.8 Å². The molecule has 130 valence electrons. The molecule has 0 atom stereocenters. The van der Waals surface area contributed by atoms with E-state index in [9.17, 15) is 9.18 Å². The van der Waals surface area contributed by atoms with Gasteiger partial charge in [-0.2, -0.15) is 0 Å². The summed E-state index contributed by atoms with van der Waals surface area (Å²) in [5.41, 5.74) is 1.48. The number of amides is 1. The number of hydrogen-bond donors (Lipinski definition) is 0. The normalized spacial score (nSPS) is 11.0. The first kappa shape index (κ1) is 17.0. The van der Waals surface area contributed by atoms with Gasteiger partial charge < -0.3 is 13.8 Å². The highest BCUT2D eigenvalue weighted by Crippen LogP contribution is 2.22. The zero-order valence-electron chi connectivity index (χ0n) is 14.1. The monoisotopic (exact) mass is 342 g/mol. The van der Waals surface area contributed by atoms with Crippen molar-refractivity contribution in [2.75, 3.05) is 0 Å². The smallest absolute Gasteiger partial charge is 0.225 e. The molecule has 1 amide bonds. The second-order valence-corrected chi connectivity index (χ2v) is 6.14. The molecule has 0 radical (unpaired) electrons. The van der Waals surface area contributed by atoms with Gasteiger partial charge in [-0.15, -0.1) is 0 Å². The van der Waals surface area contributed by atoms with Gasteiger partial charge in [0, 0.05) is 18.5 Å². The molecule has 0 fully saturated rings. The van der Waals surface area contributed by atoms with Gasteiger partial charge in [-0.05, 0) is 29.8 Å². The highest BCUT2D eigenvalue weighted by molar-refractivity contribution is 5.78. The van der Waals surface area contributed by atoms with Gasteiger partial charge in [-0.3, -0.25) is 4.79 Å². The van der Waals surface area contributed by atoms with Gasteiger partial charge in [0.1, 0.15) is 11.5 Å². The Labute approximate surface area is 145 Å². The summed E-state index contributed by atoms with van der Waals surface area (Å²) in [6.07, 6.45) is 1.56. The summed E-state index contributed by atoms with van der Waals surface area (Å²) in [6.45, 7) is 4.37.